The van der Waals surface area contributed by atoms with Gasteiger partial charge >= 0.3 is 0 Å². The molecule has 0 atom stereocenters. The molecule has 2 heteroatoms. The maximum absolute atomic E-state index is 8.91. The van der Waals surface area contributed by atoms with Gasteiger partial charge in [-0.1, -0.05) is 32.9 Å². The topological polar surface area (TPSA) is 35.8 Å². The largest absolute Gasteiger partial charge is 0.310 e. The van der Waals surface area contributed by atoms with Crippen LogP contribution in [0, 0.1) is 22.7 Å². The number of hydrogen-bond donors (Lipinski definition) is 1. The first-order valence-corrected chi connectivity index (χ1v) is 7.71. The highest BCUT2D eigenvalue weighted by Crippen LogP contribution is 2.37. The zero-order valence-electron chi connectivity index (χ0n) is 12.9. The molecule has 1 fully saturated rings. The van der Waals surface area contributed by atoms with Crippen molar-refractivity contribution in [1.29, 1.82) is 5.26 Å². The number of nitriles is 1. The minimum atomic E-state index is 0.450. The molecule has 1 saturated carbocycles. The van der Waals surface area contributed by atoms with E-state index in [2.05, 4.69) is 38.2 Å². The monoisotopic (exact) mass is 270 g/mol. The van der Waals surface area contributed by atoms with Crippen LogP contribution in [0.1, 0.15) is 57.6 Å². The van der Waals surface area contributed by atoms with Gasteiger partial charge in [0, 0.05) is 12.6 Å². The zero-order valence-corrected chi connectivity index (χ0v) is 12.9. The molecule has 1 N–H and O–H groups in total. The van der Waals surface area contributed by atoms with Crippen LogP contribution in [0.5, 0.6) is 0 Å². The molecule has 0 amide bonds. The Balaban J connectivity index is 1.80. The van der Waals surface area contributed by atoms with Crippen LogP contribution in [0.15, 0.2) is 24.3 Å². The van der Waals surface area contributed by atoms with Gasteiger partial charge in [0.25, 0.3) is 0 Å². The third kappa shape index (κ3) is 4.08. The van der Waals surface area contributed by atoms with Crippen molar-refractivity contribution < 1.29 is 0 Å². The Kier molecular flexibility index (Phi) is 4.83. The third-order valence-electron chi connectivity index (χ3n) is 4.60. The normalized spacial score (nSPS) is 23.3. The first-order valence-electron chi connectivity index (χ1n) is 7.71. The highest BCUT2D eigenvalue weighted by atomic mass is 14.9. The Labute approximate surface area is 123 Å². The van der Waals surface area contributed by atoms with E-state index in [1.54, 1.807) is 0 Å². The average Bonchev–Trinajstić information content (AvgIpc) is 2.45. The van der Waals surface area contributed by atoms with E-state index in [4.69, 9.17) is 5.26 Å². The van der Waals surface area contributed by atoms with Gasteiger partial charge in [0.15, 0.2) is 0 Å². The van der Waals surface area contributed by atoms with Gasteiger partial charge in [0.1, 0.15) is 0 Å². The molecule has 0 bridgehead atoms. The molecule has 0 saturated heterocycles. The SMILES string of the molecule is CC(C)(C)C1CCC(NCc2cccc(C#N)c2)CC1. The maximum Gasteiger partial charge on any atom is 0.0991 e. The van der Waals surface area contributed by atoms with E-state index in [-0.39, 0.29) is 0 Å². The van der Waals surface area contributed by atoms with Gasteiger partial charge in [0.2, 0.25) is 0 Å². The van der Waals surface area contributed by atoms with Crippen molar-refractivity contribution >= 4 is 0 Å². The molecule has 0 heterocycles. The smallest absolute Gasteiger partial charge is 0.0991 e. The summed E-state index contributed by atoms with van der Waals surface area (Å²) in [5.74, 6) is 0.863. The lowest BCUT2D eigenvalue weighted by Crippen LogP contribution is -2.35. The molecule has 0 unspecified atom stereocenters. The van der Waals surface area contributed by atoms with Crippen molar-refractivity contribution in [3.8, 4) is 6.07 Å². The van der Waals surface area contributed by atoms with E-state index in [0.717, 1.165) is 18.0 Å². The predicted molar refractivity (Wildman–Crippen MR) is 83.2 cm³/mol. The molecule has 0 aromatic heterocycles. The standard InChI is InChI=1S/C18H26N2/c1-18(2,3)16-7-9-17(10-8-16)20-13-15-6-4-5-14(11-15)12-19/h4-6,11,16-17,20H,7-10,13H2,1-3H3. The first kappa shape index (κ1) is 15.1. The Morgan fingerprint density at radius 1 is 1.20 bits per heavy atom. The van der Waals surface area contributed by atoms with Crippen molar-refractivity contribution in [2.45, 2.75) is 59.0 Å². The van der Waals surface area contributed by atoms with Crippen LogP contribution in [-0.2, 0) is 6.54 Å². The van der Waals surface area contributed by atoms with Gasteiger partial charge < -0.3 is 5.32 Å². The van der Waals surface area contributed by atoms with Gasteiger partial charge in [-0.3, -0.25) is 0 Å². The minimum Gasteiger partial charge on any atom is -0.310 e. The van der Waals surface area contributed by atoms with Crippen LogP contribution in [0.4, 0.5) is 0 Å². The third-order valence-corrected chi connectivity index (χ3v) is 4.60. The summed E-state index contributed by atoms with van der Waals surface area (Å²) in [5, 5.41) is 12.6. The number of rotatable bonds is 3. The van der Waals surface area contributed by atoms with Crippen molar-refractivity contribution in [3.05, 3.63) is 35.4 Å². The Hall–Kier alpha value is -1.33. The lowest BCUT2D eigenvalue weighted by Gasteiger charge is -2.37. The van der Waals surface area contributed by atoms with E-state index >= 15 is 0 Å². The van der Waals surface area contributed by atoms with E-state index in [1.807, 2.05) is 18.2 Å². The molecular formula is C18H26N2. The van der Waals surface area contributed by atoms with E-state index in [0.29, 0.717) is 11.5 Å². The lowest BCUT2D eigenvalue weighted by molar-refractivity contribution is 0.160. The zero-order chi connectivity index (χ0) is 14.6. The maximum atomic E-state index is 8.91. The van der Waals surface area contributed by atoms with Gasteiger partial charge in [-0.15, -0.1) is 0 Å². The fraction of sp³-hybridized carbons (Fsp3) is 0.611. The molecule has 0 aliphatic heterocycles. The van der Waals surface area contributed by atoms with E-state index < -0.39 is 0 Å². The van der Waals surface area contributed by atoms with E-state index in [9.17, 15) is 0 Å². The second kappa shape index (κ2) is 6.41. The van der Waals surface area contributed by atoms with Gasteiger partial charge in [-0.05, 0) is 54.7 Å². The molecule has 0 spiro atoms. The number of nitrogens with one attached hydrogen (secondary N) is 1. The van der Waals surface area contributed by atoms with Crippen LogP contribution >= 0.6 is 0 Å². The van der Waals surface area contributed by atoms with E-state index in [1.165, 1.54) is 31.2 Å². The van der Waals surface area contributed by atoms with Crippen LogP contribution in [-0.4, -0.2) is 6.04 Å². The molecule has 1 aliphatic carbocycles. The highest BCUT2D eigenvalue weighted by Gasteiger charge is 2.29. The highest BCUT2D eigenvalue weighted by molar-refractivity contribution is 5.32. The summed E-state index contributed by atoms with van der Waals surface area (Å²) in [6, 6.07) is 10.7. The molecule has 0 radical (unpaired) electrons. The molecule has 2 rings (SSSR count). The number of nitrogens with zero attached hydrogens (tertiary/aromatic N) is 1. The summed E-state index contributed by atoms with van der Waals surface area (Å²) < 4.78 is 0. The molecule has 1 aromatic rings. The van der Waals surface area contributed by atoms with Crippen molar-refractivity contribution in [3.63, 3.8) is 0 Å². The number of hydrogen-bond acceptors (Lipinski definition) is 2. The van der Waals surface area contributed by atoms with Crippen molar-refractivity contribution in [1.82, 2.24) is 5.32 Å². The first-order chi connectivity index (χ1) is 9.49. The second-order valence-electron chi connectivity index (χ2n) is 7.11. The quantitative estimate of drug-likeness (QED) is 0.891. The molecule has 1 aliphatic rings. The Morgan fingerprint density at radius 2 is 1.90 bits per heavy atom. The second-order valence-corrected chi connectivity index (χ2v) is 7.11. The summed E-state index contributed by atoms with van der Waals surface area (Å²) in [7, 11) is 0. The van der Waals surface area contributed by atoms with Crippen LogP contribution in [0.3, 0.4) is 0 Å². The minimum absolute atomic E-state index is 0.450. The van der Waals surface area contributed by atoms with Gasteiger partial charge in [0.05, 0.1) is 11.6 Å². The average molecular weight is 270 g/mol. The van der Waals surface area contributed by atoms with Crippen LogP contribution in [0.25, 0.3) is 0 Å². The number of benzene rings is 1. The summed E-state index contributed by atoms with van der Waals surface area (Å²) in [4.78, 5) is 0. The fourth-order valence-corrected chi connectivity index (χ4v) is 3.18. The summed E-state index contributed by atoms with van der Waals surface area (Å²) in [6.07, 6.45) is 5.22. The molecular weight excluding hydrogens is 244 g/mol. The van der Waals surface area contributed by atoms with Crippen LogP contribution in [0.2, 0.25) is 0 Å². The van der Waals surface area contributed by atoms with Crippen LogP contribution < -0.4 is 5.32 Å². The van der Waals surface area contributed by atoms with Gasteiger partial charge in [-0.2, -0.15) is 5.26 Å². The predicted octanol–water partition coefficient (Wildman–Crippen LogP) is 4.25. The Morgan fingerprint density at radius 3 is 2.50 bits per heavy atom. The lowest BCUT2D eigenvalue weighted by atomic mass is 9.71. The summed E-state index contributed by atoms with van der Waals surface area (Å²) >= 11 is 0. The fourth-order valence-electron chi connectivity index (χ4n) is 3.18. The molecule has 108 valence electrons. The molecule has 1 aromatic carbocycles. The van der Waals surface area contributed by atoms with Crippen molar-refractivity contribution in [2.75, 3.05) is 0 Å². The van der Waals surface area contributed by atoms with Crippen molar-refractivity contribution in [2.24, 2.45) is 11.3 Å². The summed E-state index contributed by atoms with van der Waals surface area (Å²) in [6.45, 7) is 7.96. The summed E-state index contributed by atoms with van der Waals surface area (Å²) in [5.41, 5.74) is 2.41. The van der Waals surface area contributed by atoms with Gasteiger partial charge in [-0.25, -0.2) is 0 Å². The molecule has 2 nitrogen and oxygen atoms in total. The molecule has 20 heavy (non-hydrogen) atoms. The Bertz CT molecular complexity index is 471.